The molecule has 3 rings (SSSR count). The van der Waals surface area contributed by atoms with Crippen LogP contribution in [-0.2, 0) is 0 Å². The Morgan fingerprint density at radius 2 is 2.24 bits per heavy atom. The molecule has 0 bridgehead atoms. The summed E-state index contributed by atoms with van der Waals surface area (Å²) in [6, 6.07) is 7.68. The third-order valence-corrected chi connectivity index (χ3v) is 3.60. The minimum atomic E-state index is -0.256. The quantitative estimate of drug-likeness (QED) is 0.748. The van der Waals surface area contributed by atoms with Crippen LogP contribution in [-0.4, -0.2) is 19.8 Å². The summed E-state index contributed by atoms with van der Waals surface area (Å²) in [7, 11) is 0. The third-order valence-electron chi connectivity index (χ3n) is 2.27. The lowest BCUT2D eigenvalue weighted by Gasteiger charge is -1.97. The van der Waals surface area contributed by atoms with Crippen LogP contribution in [0, 0.1) is 0 Å². The number of fused-ring (bicyclic) bond motifs is 1. The van der Waals surface area contributed by atoms with Crippen LogP contribution in [0.25, 0.3) is 21.5 Å². The van der Waals surface area contributed by atoms with E-state index in [-0.39, 0.29) is 5.56 Å². The highest BCUT2D eigenvalue weighted by atomic mass is 79.9. The maximum atomic E-state index is 11.5. The topological polar surface area (TPSA) is 71.5 Å². The zero-order valence-corrected chi connectivity index (χ0v) is 10.7. The average Bonchev–Trinajstić information content (AvgIpc) is 2.74. The highest BCUT2D eigenvalue weighted by molar-refractivity contribution is 9.10. The van der Waals surface area contributed by atoms with Crippen molar-refractivity contribution in [2.75, 3.05) is 0 Å². The number of hydrogen-bond donors (Lipinski definition) is 1. The molecule has 0 unspecified atom stereocenters. The standard InChI is InChI=1S/C10H5BrN4OS/c11-6-3-1-2-5(4-6)7-8-9(17-14-7)10(16)13-15-12-8/h1-4H,(H,12,13,16). The lowest BCUT2D eigenvalue weighted by Crippen LogP contribution is -2.07. The summed E-state index contributed by atoms with van der Waals surface area (Å²) >= 11 is 4.53. The molecule has 84 valence electrons. The number of nitrogens with zero attached hydrogens (tertiary/aromatic N) is 3. The first-order valence-electron chi connectivity index (χ1n) is 4.72. The zero-order chi connectivity index (χ0) is 11.8. The lowest BCUT2D eigenvalue weighted by atomic mass is 10.1. The molecule has 0 amide bonds. The lowest BCUT2D eigenvalue weighted by molar-refractivity contribution is 0.875. The van der Waals surface area contributed by atoms with Crippen LogP contribution in [0.15, 0.2) is 33.5 Å². The largest absolute Gasteiger partial charge is 0.286 e. The third kappa shape index (κ3) is 1.77. The Bertz CT molecular complexity index is 751. The summed E-state index contributed by atoms with van der Waals surface area (Å²) in [4.78, 5) is 11.5. The van der Waals surface area contributed by atoms with E-state index in [9.17, 15) is 4.79 Å². The first-order valence-corrected chi connectivity index (χ1v) is 6.29. The number of H-pyrrole nitrogens is 1. The van der Waals surface area contributed by atoms with E-state index in [1.165, 1.54) is 0 Å². The molecule has 0 radical (unpaired) electrons. The number of halogens is 1. The monoisotopic (exact) mass is 308 g/mol. The van der Waals surface area contributed by atoms with E-state index in [0.29, 0.717) is 15.9 Å². The smallest absolute Gasteiger partial charge is 0.266 e. The maximum Gasteiger partial charge on any atom is 0.286 e. The van der Waals surface area contributed by atoms with E-state index < -0.39 is 0 Å². The van der Waals surface area contributed by atoms with Gasteiger partial charge in [-0.05, 0) is 23.7 Å². The summed E-state index contributed by atoms with van der Waals surface area (Å²) < 4.78 is 5.71. The highest BCUT2D eigenvalue weighted by Gasteiger charge is 2.12. The Balaban J connectivity index is 2.32. The van der Waals surface area contributed by atoms with E-state index in [1.807, 2.05) is 24.3 Å². The Labute approximate surface area is 108 Å². The number of benzene rings is 1. The Morgan fingerprint density at radius 3 is 3.06 bits per heavy atom. The minimum Gasteiger partial charge on any atom is -0.266 e. The number of aromatic nitrogens is 4. The zero-order valence-electron chi connectivity index (χ0n) is 8.35. The van der Waals surface area contributed by atoms with Gasteiger partial charge in [-0.15, -0.1) is 5.10 Å². The summed E-state index contributed by atoms with van der Waals surface area (Å²) in [5.41, 5.74) is 1.88. The molecule has 17 heavy (non-hydrogen) atoms. The molecule has 1 N–H and O–H groups in total. The molecule has 0 spiro atoms. The van der Waals surface area contributed by atoms with Crippen molar-refractivity contribution in [1.29, 1.82) is 0 Å². The molecule has 7 heteroatoms. The van der Waals surface area contributed by atoms with Gasteiger partial charge in [0.25, 0.3) is 5.56 Å². The minimum absolute atomic E-state index is 0.256. The van der Waals surface area contributed by atoms with Crippen molar-refractivity contribution in [3.8, 4) is 11.3 Å². The number of nitrogens with one attached hydrogen (secondary N) is 1. The van der Waals surface area contributed by atoms with Gasteiger partial charge < -0.3 is 0 Å². The van der Waals surface area contributed by atoms with Gasteiger partial charge in [0.2, 0.25) is 0 Å². The van der Waals surface area contributed by atoms with Gasteiger partial charge in [-0.25, -0.2) is 5.10 Å². The normalized spacial score (nSPS) is 10.9. The molecule has 0 saturated carbocycles. The van der Waals surface area contributed by atoms with Crippen LogP contribution in [0.4, 0.5) is 0 Å². The van der Waals surface area contributed by atoms with Crippen LogP contribution >= 0.6 is 27.5 Å². The molecular formula is C10H5BrN4OS. The van der Waals surface area contributed by atoms with Gasteiger partial charge in [-0.2, -0.15) is 4.37 Å². The van der Waals surface area contributed by atoms with E-state index >= 15 is 0 Å². The molecule has 1 aromatic carbocycles. The molecule has 0 fully saturated rings. The molecule has 5 nitrogen and oxygen atoms in total. The molecule has 0 atom stereocenters. The van der Waals surface area contributed by atoms with Crippen molar-refractivity contribution in [1.82, 2.24) is 19.8 Å². The van der Waals surface area contributed by atoms with Gasteiger partial charge in [0.05, 0.1) is 0 Å². The summed E-state index contributed by atoms with van der Waals surface area (Å²) in [6.45, 7) is 0. The predicted octanol–water partition coefficient (Wildman–Crippen LogP) is 2.20. The van der Waals surface area contributed by atoms with Gasteiger partial charge >= 0.3 is 0 Å². The fraction of sp³-hybridized carbons (Fsp3) is 0. The molecular weight excluding hydrogens is 304 g/mol. The van der Waals surface area contributed by atoms with E-state index in [4.69, 9.17) is 0 Å². The molecule has 0 saturated heterocycles. The van der Waals surface area contributed by atoms with Crippen LogP contribution in [0.2, 0.25) is 0 Å². The van der Waals surface area contributed by atoms with Crippen molar-refractivity contribution in [3.05, 3.63) is 39.1 Å². The van der Waals surface area contributed by atoms with Gasteiger partial charge in [-0.3, -0.25) is 4.79 Å². The SMILES string of the molecule is O=c1[nH]nnc2c(-c3cccc(Br)c3)nsc12. The number of hydrogen-bond acceptors (Lipinski definition) is 5. The maximum absolute atomic E-state index is 11.5. The van der Waals surface area contributed by atoms with Crippen molar-refractivity contribution in [3.63, 3.8) is 0 Å². The second-order valence-electron chi connectivity index (χ2n) is 3.36. The number of aromatic amines is 1. The Hall–Kier alpha value is -1.60. The molecule has 0 aliphatic rings. The van der Waals surface area contributed by atoms with Crippen molar-refractivity contribution in [2.45, 2.75) is 0 Å². The van der Waals surface area contributed by atoms with E-state index in [0.717, 1.165) is 21.6 Å². The molecule has 2 aromatic heterocycles. The molecule has 0 aliphatic carbocycles. The fourth-order valence-corrected chi connectivity index (χ4v) is 2.65. The van der Waals surface area contributed by atoms with Gasteiger partial charge in [0.15, 0.2) is 0 Å². The first-order chi connectivity index (χ1) is 8.25. The van der Waals surface area contributed by atoms with Gasteiger partial charge in [0.1, 0.15) is 15.9 Å². The van der Waals surface area contributed by atoms with Crippen LogP contribution in [0.5, 0.6) is 0 Å². The van der Waals surface area contributed by atoms with E-state index in [2.05, 4.69) is 35.7 Å². The van der Waals surface area contributed by atoms with Crippen LogP contribution in [0.3, 0.4) is 0 Å². The van der Waals surface area contributed by atoms with Crippen molar-refractivity contribution in [2.24, 2.45) is 0 Å². The second kappa shape index (κ2) is 4.01. The number of rotatable bonds is 1. The van der Waals surface area contributed by atoms with E-state index in [1.54, 1.807) is 0 Å². The summed E-state index contributed by atoms with van der Waals surface area (Å²) in [5.74, 6) is 0. The predicted molar refractivity (Wildman–Crippen MR) is 69.0 cm³/mol. The average molecular weight is 309 g/mol. The van der Waals surface area contributed by atoms with Crippen molar-refractivity contribution < 1.29 is 0 Å². The Kier molecular flexibility index (Phi) is 2.49. The van der Waals surface area contributed by atoms with Gasteiger partial charge in [-0.1, -0.05) is 33.3 Å². The second-order valence-corrected chi connectivity index (χ2v) is 5.05. The van der Waals surface area contributed by atoms with Crippen LogP contribution in [0.1, 0.15) is 0 Å². The summed E-state index contributed by atoms with van der Waals surface area (Å²) in [6.07, 6.45) is 0. The molecule has 3 aromatic rings. The van der Waals surface area contributed by atoms with Crippen molar-refractivity contribution >= 4 is 37.7 Å². The molecule has 2 heterocycles. The highest BCUT2D eigenvalue weighted by Crippen LogP contribution is 2.28. The van der Waals surface area contributed by atoms with Gasteiger partial charge in [0, 0.05) is 10.0 Å². The Morgan fingerprint density at radius 1 is 1.35 bits per heavy atom. The molecule has 0 aliphatic heterocycles. The first kappa shape index (κ1) is 10.5. The van der Waals surface area contributed by atoms with Crippen LogP contribution < -0.4 is 5.56 Å². The summed E-state index contributed by atoms with van der Waals surface area (Å²) in [5, 5.41) is 9.79. The fourth-order valence-electron chi connectivity index (χ4n) is 1.52.